The zero-order valence-corrected chi connectivity index (χ0v) is 25.2. The number of benzene rings is 1. The molecular weight excluding hydrogens is 534 g/mol. The van der Waals surface area contributed by atoms with Crippen LogP contribution in [-0.2, 0) is 18.0 Å². The van der Waals surface area contributed by atoms with Crippen molar-refractivity contribution in [2.75, 3.05) is 20.8 Å². The molecule has 0 radical (unpaired) electrons. The van der Waals surface area contributed by atoms with Crippen LogP contribution >= 0.6 is 0 Å². The molecule has 40 heavy (non-hydrogen) atoms. The van der Waals surface area contributed by atoms with Gasteiger partial charge in [-0.2, -0.15) is 5.10 Å². The van der Waals surface area contributed by atoms with E-state index in [1.165, 1.54) is 14.2 Å². The molecule has 0 N–H and O–H groups in total. The van der Waals surface area contributed by atoms with Gasteiger partial charge in [-0.05, 0) is 36.7 Å². The summed E-state index contributed by atoms with van der Waals surface area (Å²) in [5.74, 6) is -2.20. The summed E-state index contributed by atoms with van der Waals surface area (Å²) in [4.78, 5) is 13.9. The number of halogens is 2. The van der Waals surface area contributed by atoms with Crippen LogP contribution in [0.5, 0.6) is 11.5 Å². The third kappa shape index (κ3) is 5.92. The van der Waals surface area contributed by atoms with Crippen LogP contribution in [0.4, 0.5) is 14.5 Å². The maximum Gasteiger partial charge on any atom is 0.193 e. The van der Waals surface area contributed by atoms with Crippen molar-refractivity contribution < 1.29 is 22.7 Å². The Kier molecular flexibility index (Phi) is 8.40. The van der Waals surface area contributed by atoms with E-state index < -0.39 is 25.6 Å². The molecule has 4 aromatic rings. The number of nitrogens with zero attached hydrogens (tertiary/aromatic N) is 6. The summed E-state index contributed by atoms with van der Waals surface area (Å²) in [7, 11) is 2.47. The van der Waals surface area contributed by atoms with Crippen molar-refractivity contribution in [3.8, 4) is 22.8 Å². The number of ether oxygens (including phenoxy) is 2. The number of aromatic nitrogens is 5. The van der Waals surface area contributed by atoms with Gasteiger partial charge in [-0.25, -0.2) is 18.8 Å². The fraction of sp³-hybridized carbons (Fsp3) is 0.429. The van der Waals surface area contributed by atoms with Gasteiger partial charge in [-0.3, -0.25) is 9.67 Å². The molecule has 0 saturated carbocycles. The average molecular weight is 571 g/mol. The van der Waals surface area contributed by atoms with Crippen molar-refractivity contribution in [3.05, 3.63) is 53.9 Å². The van der Waals surface area contributed by atoms with Crippen LogP contribution in [0.2, 0.25) is 18.1 Å². The Balaban J connectivity index is 1.85. The Morgan fingerprint density at radius 2 is 1.70 bits per heavy atom. The molecule has 0 amide bonds. The minimum atomic E-state index is -1.95. The summed E-state index contributed by atoms with van der Waals surface area (Å²) in [5, 5.41) is 4.30. The third-order valence-corrected chi connectivity index (χ3v) is 11.8. The number of pyridine rings is 1. The highest BCUT2D eigenvalue weighted by molar-refractivity contribution is 6.74. The summed E-state index contributed by atoms with van der Waals surface area (Å²) in [6.45, 7) is 11.9. The molecule has 4 rings (SSSR count). The third-order valence-electron chi connectivity index (χ3n) is 7.28. The summed E-state index contributed by atoms with van der Waals surface area (Å²) in [6, 6.07) is 4.55. The monoisotopic (exact) mass is 570 g/mol. The first-order valence-electron chi connectivity index (χ1n) is 13.0. The highest BCUT2D eigenvalue weighted by Gasteiger charge is 2.36. The fourth-order valence-electron chi connectivity index (χ4n) is 3.92. The van der Waals surface area contributed by atoms with Crippen LogP contribution in [0.3, 0.4) is 0 Å². The number of rotatable bonds is 9. The van der Waals surface area contributed by atoms with E-state index in [4.69, 9.17) is 18.9 Å². The number of hydrogen-bond acceptors (Lipinski definition) is 7. The molecule has 0 atom stereocenters. The normalized spacial score (nSPS) is 12.8. The van der Waals surface area contributed by atoms with E-state index in [2.05, 4.69) is 48.9 Å². The number of fused-ring (bicyclic) bond motifs is 1. The summed E-state index contributed by atoms with van der Waals surface area (Å²) >= 11 is 0. The van der Waals surface area contributed by atoms with Crippen molar-refractivity contribution in [3.63, 3.8) is 0 Å². The van der Waals surface area contributed by atoms with Gasteiger partial charge in [-0.15, -0.1) is 0 Å². The molecule has 3 heterocycles. The quantitative estimate of drug-likeness (QED) is 0.188. The molecule has 0 bridgehead atoms. The lowest BCUT2D eigenvalue weighted by atomic mass is 10.2. The minimum absolute atomic E-state index is 0.0741. The van der Waals surface area contributed by atoms with Crippen LogP contribution < -0.4 is 15.0 Å². The maximum absolute atomic E-state index is 15.2. The zero-order chi connectivity index (χ0) is 29.2. The number of aryl methyl sites for hydroxylation is 2. The van der Waals surface area contributed by atoms with Crippen LogP contribution in [0.1, 0.15) is 27.2 Å². The second-order valence-electron chi connectivity index (χ2n) is 11.0. The molecule has 0 unspecified atom stereocenters. The molecule has 0 aliphatic carbocycles. The lowest BCUT2D eigenvalue weighted by Crippen LogP contribution is -2.41. The van der Waals surface area contributed by atoms with Gasteiger partial charge in [0.05, 0.1) is 32.3 Å². The topological polar surface area (TPSA) is 88.6 Å². The highest BCUT2D eigenvalue weighted by Crippen LogP contribution is 2.37. The van der Waals surface area contributed by atoms with E-state index in [9.17, 15) is 0 Å². The first-order chi connectivity index (χ1) is 18.9. The SMILES string of the molecule is COc1cc(OC)c(F)c(N=c2ccc3ncc(-c4cnn(C)c4)nc3n2CCCO[Si](C)(C)C(C)(C)C)c1F. The maximum atomic E-state index is 15.2. The molecule has 12 heteroatoms. The average Bonchev–Trinajstić information content (AvgIpc) is 3.35. The Morgan fingerprint density at radius 1 is 1.02 bits per heavy atom. The van der Waals surface area contributed by atoms with Crippen molar-refractivity contribution >= 4 is 25.2 Å². The molecule has 0 aliphatic heterocycles. The van der Waals surface area contributed by atoms with Crippen LogP contribution in [0.25, 0.3) is 22.4 Å². The Hall–Kier alpha value is -3.64. The molecule has 214 valence electrons. The Labute approximate surface area is 233 Å². The molecule has 9 nitrogen and oxygen atoms in total. The zero-order valence-electron chi connectivity index (χ0n) is 24.2. The van der Waals surface area contributed by atoms with Gasteiger partial charge >= 0.3 is 0 Å². The van der Waals surface area contributed by atoms with Crippen molar-refractivity contribution in [1.82, 2.24) is 24.3 Å². The molecule has 0 fully saturated rings. The molecule has 0 saturated heterocycles. The molecule has 0 aliphatic rings. The smallest absolute Gasteiger partial charge is 0.193 e. The summed E-state index contributed by atoms with van der Waals surface area (Å²) in [5.41, 5.74) is 2.32. The van der Waals surface area contributed by atoms with E-state index >= 15 is 8.78 Å². The van der Waals surface area contributed by atoms with Crippen LogP contribution in [0, 0.1) is 11.6 Å². The van der Waals surface area contributed by atoms with E-state index in [1.807, 2.05) is 17.8 Å². The summed E-state index contributed by atoms with van der Waals surface area (Å²) < 4.78 is 50.5. The van der Waals surface area contributed by atoms with Gasteiger partial charge in [-0.1, -0.05) is 20.8 Å². The standard InChI is InChI=1S/C28H36F2N6O3Si/c1-28(2,3)40(7,8)39-13-9-12-36-23(34-26-24(29)21(37-5)14-22(38-6)25(26)30)11-10-19-27(36)33-20(16-31-19)18-15-32-35(4)17-18/h10-11,14-17H,9,12-13H2,1-8H3. The molecular formula is C28H36F2N6O3Si. The number of methoxy groups -OCH3 is 2. The highest BCUT2D eigenvalue weighted by atomic mass is 28.4. The van der Waals surface area contributed by atoms with E-state index in [0.717, 1.165) is 11.6 Å². The lowest BCUT2D eigenvalue weighted by molar-refractivity contribution is 0.275. The fourth-order valence-corrected chi connectivity index (χ4v) is 5.01. The lowest BCUT2D eigenvalue weighted by Gasteiger charge is -2.36. The summed E-state index contributed by atoms with van der Waals surface area (Å²) in [6.07, 6.45) is 5.85. The van der Waals surface area contributed by atoms with Crippen LogP contribution in [0.15, 0.2) is 41.8 Å². The first kappa shape index (κ1) is 29.3. The van der Waals surface area contributed by atoms with E-state index in [1.54, 1.807) is 29.2 Å². The van der Waals surface area contributed by atoms with Crippen LogP contribution in [-0.4, -0.2) is 53.5 Å². The Morgan fingerprint density at radius 3 is 2.27 bits per heavy atom. The van der Waals surface area contributed by atoms with Gasteiger partial charge in [0.25, 0.3) is 0 Å². The van der Waals surface area contributed by atoms with E-state index in [0.29, 0.717) is 41.9 Å². The predicted octanol–water partition coefficient (Wildman–Crippen LogP) is 5.77. The minimum Gasteiger partial charge on any atom is -0.493 e. The second-order valence-corrected chi connectivity index (χ2v) is 15.9. The van der Waals surface area contributed by atoms with Gasteiger partial charge in [0.15, 0.2) is 37.1 Å². The van der Waals surface area contributed by atoms with Gasteiger partial charge < -0.3 is 18.5 Å². The van der Waals surface area contributed by atoms with Crippen molar-refractivity contribution in [2.24, 2.45) is 12.0 Å². The Bertz CT molecular complexity index is 1570. The second kappa shape index (κ2) is 11.5. The molecule has 1 aromatic carbocycles. The van der Waals surface area contributed by atoms with E-state index in [-0.39, 0.29) is 16.5 Å². The first-order valence-corrected chi connectivity index (χ1v) is 15.9. The molecule has 0 spiro atoms. The van der Waals surface area contributed by atoms with Gasteiger partial charge in [0.2, 0.25) is 0 Å². The number of hydrogen-bond donors (Lipinski definition) is 0. The van der Waals surface area contributed by atoms with Crippen molar-refractivity contribution in [2.45, 2.75) is 51.9 Å². The van der Waals surface area contributed by atoms with Gasteiger partial charge in [0, 0.05) is 38.0 Å². The largest absolute Gasteiger partial charge is 0.493 e. The predicted molar refractivity (Wildman–Crippen MR) is 152 cm³/mol. The van der Waals surface area contributed by atoms with Crippen molar-refractivity contribution in [1.29, 1.82) is 0 Å². The molecule has 3 aromatic heterocycles. The van der Waals surface area contributed by atoms with Gasteiger partial charge in [0.1, 0.15) is 16.7 Å².